The van der Waals surface area contributed by atoms with Crippen LogP contribution in [0, 0.1) is 13.8 Å². The molecular weight excluding hydrogens is 344 g/mol. The Morgan fingerprint density at radius 2 is 1.92 bits per heavy atom. The maximum atomic E-state index is 12.7. The van der Waals surface area contributed by atoms with Crippen molar-refractivity contribution < 1.29 is 24.3 Å². The molecule has 2 rings (SSSR count). The Morgan fingerprint density at radius 1 is 1.32 bits per heavy atom. The van der Waals surface area contributed by atoms with Crippen molar-refractivity contribution in [2.75, 3.05) is 10.7 Å². The standard InChI is InChI=1S/C17H20N2O5S/c1-9-5-4-6-10(2)15(9)19-14(21)7-13(16(19)22)25-8-12(17(23)24)18-11(3)20/h4-6,12-13H,7-8H2,1-3H3,(H,18,20)(H,23,24)/t12-,13+/m1/s1. The minimum atomic E-state index is -1.17. The number of carboxylic acids is 1. The first kappa shape index (κ1) is 19.0. The number of benzene rings is 1. The maximum Gasteiger partial charge on any atom is 0.327 e. The highest BCUT2D eigenvalue weighted by Gasteiger charge is 2.41. The highest BCUT2D eigenvalue weighted by Crippen LogP contribution is 2.33. The van der Waals surface area contributed by atoms with Gasteiger partial charge in [-0.25, -0.2) is 9.69 Å². The number of hydrogen-bond acceptors (Lipinski definition) is 5. The van der Waals surface area contributed by atoms with Crippen LogP contribution in [0.5, 0.6) is 0 Å². The summed E-state index contributed by atoms with van der Waals surface area (Å²) in [6.07, 6.45) is 0.0175. The molecule has 1 saturated heterocycles. The molecule has 8 heteroatoms. The van der Waals surface area contributed by atoms with Crippen LogP contribution < -0.4 is 10.2 Å². The van der Waals surface area contributed by atoms with Gasteiger partial charge in [0.1, 0.15) is 6.04 Å². The summed E-state index contributed by atoms with van der Waals surface area (Å²) in [5.41, 5.74) is 2.25. The summed E-state index contributed by atoms with van der Waals surface area (Å²) in [5, 5.41) is 10.8. The zero-order valence-electron chi connectivity index (χ0n) is 14.2. The molecule has 0 radical (unpaired) electrons. The molecule has 0 aliphatic carbocycles. The number of thioether (sulfide) groups is 1. The number of aliphatic carboxylic acids is 1. The zero-order valence-corrected chi connectivity index (χ0v) is 15.1. The van der Waals surface area contributed by atoms with Crippen LogP contribution >= 0.6 is 11.8 Å². The van der Waals surface area contributed by atoms with E-state index >= 15 is 0 Å². The van der Waals surface area contributed by atoms with Crippen LogP contribution in [0.2, 0.25) is 0 Å². The number of nitrogens with one attached hydrogen (secondary N) is 1. The lowest BCUT2D eigenvalue weighted by molar-refractivity contribution is -0.140. The van der Waals surface area contributed by atoms with Gasteiger partial charge in [-0.05, 0) is 25.0 Å². The third kappa shape index (κ3) is 4.19. The van der Waals surface area contributed by atoms with Crippen LogP contribution in [0.4, 0.5) is 5.69 Å². The number of hydrogen-bond donors (Lipinski definition) is 2. The average Bonchev–Trinajstić information content (AvgIpc) is 2.78. The normalized spacial score (nSPS) is 18.4. The first-order valence-electron chi connectivity index (χ1n) is 7.77. The number of amides is 3. The summed E-state index contributed by atoms with van der Waals surface area (Å²) in [6.45, 7) is 4.90. The quantitative estimate of drug-likeness (QED) is 0.737. The lowest BCUT2D eigenvalue weighted by Gasteiger charge is -2.20. The average molecular weight is 364 g/mol. The van der Waals surface area contributed by atoms with Gasteiger partial charge in [0, 0.05) is 19.1 Å². The lowest BCUT2D eigenvalue weighted by atomic mass is 10.1. The Labute approximate surface area is 149 Å². The van der Waals surface area contributed by atoms with E-state index in [-0.39, 0.29) is 24.0 Å². The fraction of sp³-hybridized carbons (Fsp3) is 0.412. The fourth-order valence-electron chi connectivity index (χ4n) is 2.76. The third-order valence-electron chi connectivity index (χ3n) is 3.91. The summed E-state index contributed by atoms with van der Waals surface area (Å²) in [5.74, 6) is -2.27. The second-order valence-electron chi connectivity index (χ2n) is 5.93. The van der Waals surface area contributed by atoms with Gasteiger partial charge in [0.2, 0.25) is 17.7 Å². The third-order valence-corrected chi connectivity index (χ3v) is 5.20. The van der Waals surface area contributed by atoms with Crippen molar-refractivity contribution in [2.24, 2.45) is 0 Å². The van der Waals surface area contributed by atoms with Crippen molar-refractivity contribution in [3.63, 3.8) is 0 Å². The van der Waals surface area contributed by atoms with E-state index in [1.54, 1.807) is 0 Å². The number of imide groups is 1. The number of carbonyl (C=O) groups is 4. The van der Waals surface area contributed by atoms with Gasteiger partial charge in [0.25, 0.3) is 0 Å². The van der Waals surface area contributed by atoms with Crippen molar-refractivity contribution in [3.8, 4) is 0 Å². The highest BCUT2D eigenvalue weighted by molar-refractivity contribution is 8.00. The van der Waals surface area contributed by atoms with Crippen LogP contribution in [-0.4, -0.2) is 45.8 Å². The number of carbonyl (C=O) groups excluding carboxylic acids is 3. The van der Waals surface area contributed by atoms with Crippen molar-refractivity contribution in [2.45, 2.75) is 38.5 Å². The van der Waals surface area contributed by atoms with E-state index in [1.807, 2.05) is 32.0 Å². The van der Waals surface area contributed by atoms with Crippen molar-refractivity contribution in [1.82, 2.24) is 5.32 Å². The van der Waals surface area contributed by atoms with Gasteiger partial charge < -0.3 is 10.4 Å². The van der Waals surface area contributed by atoms with Crippen LogP contribution in [0.3, 0.4) is 0 Å². The summed E-state index contributed by atoms with van der Waals surface area (Å²) in [7, 11) is 0. The Hall–Kier alpha value is -2.35. The maximum absolute atomic E-state index is 12.7. The van der Waals surface area contributed by atoms with Gasteiger partial charge in [-0.2, -0.15) is 0 Å². The molecule has 0 bridgehead atoms. The molecular formula is C17H20N2O5S. The highest BCUT2D eigenvalue weighted by atomic mass is 32.2. The monoisotopic (exact) mass is 364 g/mol. The van der Waals surface area contributed by atoms with E-state index in [0.717, 1.165) is 22.9 Å². The minimum Gasteiger partial charge on any atom is -0.480 e. The Balaban J connectivity index is 2.13. The van der Waals surface area contributed by atoms with Gasteiger partial charge in [0.15, 0.2) is 0 Å². The van der Waals surface area contributed by atoms with Crippen LogP contribution in [0.15, 0.2) is 18.2 Å². The van der Waals surface area contributed by atoms with Gasteiger partial charge in [0.05, 0.1) is 10.9 Å². The summed E-state index contributed by atoms with van der Waals surface area (Å²) in [6, 6.07) is 4.43. The number of nitrogens with zero attached hydrogens (tertiary/aromatic N) is 1. The molecule has 2 N–H and O–H groups in total. The van der Waals surface area contributed by atoms with E-state index in [4.69, 9.17) is 5.11 Å². The molecule has 25 heavy (non-hydrogen) atoms. The number of para-hydroxylation sites is 1. The molecule has 1 fully saturated rings. The van der Waals surface area contributed by atoms with Crippen molar-refractivity contribution in [3.05, 3.63) is 29.3 Å². The van der Waals surface area contributed by atoms with Crippen LogP contribution in [0.25, 0.3) is 0 Å². The largest absolute Gasteiger partial charge is 0.480 e. The van der Waals surface area contributed by atoms with E-state index in [0.29, 0.717) is 5.69 Å². The second-order valence-corrected chi connectivity index (χ2v) is 7.16. The van der Waals surface area contributed by atoms with Crippen LogP contribution in [0.1, 0.15) is 24.5 Å². The van der Waals surface area contributed by atoms with Crippen molar-refractivity contribution in [1.29, 1.82) is 0 Å². The van der Waals surface area contributed by atoms with Crippen molar-refractivity contribution >= 4 is 41.1 Å². The SMILES string of the molecule is CC(=O)N[C@H](CS[C@H]1CC(=O)N(c2c(C)cccc2C)C1=O)C(=O)O. The number of carboxylic acid groups (broad SMARTS) is 1. The number of rotatable bonds is 6. The first-order valence-corrected chi connectivity index (χ1v) is 8.81. The second kappa shape index (κ2) is 7.69. The van der Waals surface area contributed by atoms with Gasteiger partial charge in [-0.1, -0.05) is 18.2 Å². The molecule has 2 atom stereocenters. The smallest absolute Gasteiger partial charge is 0.327 e. The Bertz CT molecular complexity index is 713. The molecule has 1 heterocycles. The van der Waals surface area contributed by atoms with E-state index in [2.05, 4.69) is 5.32 Å². The molecule has 134 valence electrons. The molecule has 0 spiro atoms. The molecule has 1 aromatic rings. The van der Waals surface area contributed by atoms with E-state index < -0.39 is 23.2 Å². The van der Waals surface area contributed by atoms with Gasteiger partial charge in [-0.3, -0.25) is 14.4 Å². The predicted molar refractivity (Wildman–Crippen MR) is 94.5 cm³/mol. The first-order chi connectivity index (χ1) is 11.7. The van der Waals surface area contributed by atoms with E-state index in [1.165, 1.54) is 11.8 Å². The summed E-state index contributed by atoms with van der Waals surface area (Å²) < 4.78 is 0. The molecule has 1 aromatic carbocycles. The molecule has 0 aromatic heterocycles. The molecule has 0 saturated carbocycles. The molecule has 7 nitrogen and oxygen atoms in total. The predicted octanol–water partition coefficient (Wildman–Crippen LogP) is 1.26. The molecule has 1 aliphatic heterocycles. The molecule has 3 amide bonds. The topological polar surface area (TPSA) is 104 Å². The fourth-order valence-corrected chi connectivity index (χ4v) is 3.92. The summed E-state index contributed by atoms with van der Waals surface area (Å²) in [4.78, 5) is 48.5. The number of aryl methyl sites for hydroxylation is 2. The summed E-state index contributed by atoms with van der Waals surface area (Å²) >= 11 is 1.08. The Kier molecular flexibility index (Phi) is 5.84. The molecule has 1 aliphatic rings. The van der Waals surface area contributed by atoms with Crippen LogP contribution in [-0.2, 0) is 19.2 Å². The number of anilines is 1. The zero-order chi connectivity index (χ0) is 18.7. The minimum absolute atomic E-state index is 0.0131. The Morgan fingerprint density at radius 3 is 2.44 bits per heavy atom. The molecule has 0 unspecified atom stereocenters. The van der Waals surface area contributed by atoms with Gasteiger partial charge in [-0.15, -0.1) is 11.8 Å². The lowest BCUT2D eigenvalue weighted by Crippen LogP contribution is -2.42. The van der Waals surface area contributed by atoms with Gasteiger partial charge >= 0.3 is 5.97 Å². The van der Waals surface area contributed by atoms with E-state index in [9.17, 15) is 19.2 Å².